The van der Waals surface area contributed by atoms with Crippen molar-refractivity contribution in [3.63, 3.8) is 0 Å². The van der Waals surface area contributed by atoms with Crippen molar-refractivity contribution in [2.75, 3.05) is 0 Å². The first-order valence-corrected chi connectivity index (χ1v) is 5.96. The molecule has 1 aromatic heterocycles. The summed E-state index contributed by atoms with van der Waals surface area (Å²) in [5, 5.41) is -1.70. The Hall–Kier alpha value is -1.66. The summed E-state index contributed by atoms with van der Waals surface area (Å²) in [6, 6.07) is 0. The summed E-state index contributed by atoms with van der Waals surface area (Å²) in [5.74, 6) is -20.6. The van der Waals surface area contributed by atoms with E-state index in [0.717, 1.165) is 0 Å². The molecule has 0 spiro atoms. The van der Waals surface area contributed by atoms with Crippen LogP contribution in [0.1, 0.15) is 5.56 Å². The normalized spacial score (nSPS) is 14.2. The molecule has 0 aliphatic rings. The van der Waals surface area contributed by atoms with Crippen molar-refractivity contribution in [3.05, 3.63) is 31.6 Å². The lowest BCUT2D eigenvalue weighted by Crippen LogP contribution is -2.61. The largest absolute Gasteiger partial charge is 0.460 e. The van der Waals surface area contributed by atoms with Crippen molar-refractivity contribution in [2.24, 2.45) is 14.1 Å². The van der Waals surface area contributed by atoms with Gasteiger partial charge in [0.2, 0.25) is 0 Å². The van der Waals surface area contributed by atoms with Crippen LogP contribution in [-0.4, -0.2) is 27.2 Å². The van der Waals surface area contributed by atoms with Crippen molar-refractivity contribution in [1.29, 1.82) is 0 Å². The fourth-order valence-electron chi connectivity index (χ4n) is 1.62. The molecule has 0 radical (unpaired) electrons. The van der Waals surface area contributed by atoms with E-state index >= 15 is 0 Å². The third kappa shape index (κ3) is 2.48. The van der Waals surface area contributed by atoms with Crippen molar-refractivity contribution in [2.45, 2.75) is 23.9 Å². The van der Waals surface area contributed by atoms with Gasteiger partial charge in [-0.05, 0) is 0 Å². The van der Waals surface area contributed by atoms with Crippen LogP contribution in [0.3, 0.4) is 0 Å². The summed E-state index contributed by atoms with van der Waals surface area (Å²) in [6.45, 7) is 0. The van der Waals surface area contributed by atoms with E-state index in [1.165, 1.54) is 0 Å². The summed E-state index contributed by atoms with van der Waals surface area (Å²) >= 11 is 5.14. The van der Waals surface area contributed by atoms with E-state index in [2.05, 4.69) is 0 Å². The van der Waals surface area contributed by atoms with Gasteiger partial charge in [0.05, 0.1) is 0 Å². The maximum atomic E-state index is 13.8. The second-order valence-electron chi connectivity index (χ2n) is 4.59. The smallest absolute Gasteiger partial charge is 0.286 e. The zero-order valence-electron chi connectivity index (χ0n) is 11.5. The molecule has 0 atom stereocenters. The first-order chi connectivity index (χ1) is 10.4. The molecule has 0 saturated heterocycles. The first-order valence-electron chi connectivity index (χ1n) is 5.59. The highest BCUT2D eigenvalue weighted by Gasteiger charge is 2.82. The van der Waals surface area contributed by atoms with Gasteiger partial charge in [0, 0.05) is 14.1 Å². The zero-order valence-corrected chi connectivity index (χ0v) is 12.2. The maximum Gasteiger partial charge on any atom is 0.460 e. The molecule has 0 N–H and O–H groups in total. The highest BCUT2D eigenvalue weighted by atomic mass is 35.5. The van der Waals surface area contributed by atoms with Crippen LogP contribution in [0.25, 0.3) is 0 Å². The minimum atomic E-state index is -7.19. The Balaban J connectivity index is 3.87. The lowest BCUT2D eigenvalue weighted by Gasteiger charge is -2.33. The SMILES string of the molecule is Cn1c(Cl)c(C(F)(F)C(F)(F)C(F)(F)C(F)(F)F)c(=O)n(C)c1=O. The fraction of sp³-hybridized carbons (Fsp3) is 0.600. The number of hydrogen-bond acceptors (Lipinski definition) is 2. The molecule has 0 unspecified atom stereocenters. The zero-order chi connectivity index (χ0) is 19.5. The summed E-state index contributed by atoms with van der Waals surface area (Å²) in [6.07, 6.45) is -7.04. The molecule has 138 valence electrons. The summed E-state index contributed by atoms with van der Waals surface area (Å²) in [5.41, 5.74) is -6.20. The van der Waals surface area contributed by atoms with Crippen LogP contribution in [0.4, 0.5) is 39.5 Å². The van der Waals surface area contributed by atoms with E-state index in [1.54, 1.807) is 0 Å². The second-order valence-corrected chi connectivity index (χ2v) is 4.95. The Kier molecular flexibility index (Phi) is 4.61. The third-order valence-electron chi connectivity index (χ3n) is 3.05. The quantitative estimate of drug-likeness (QED) is 0.586. The van der Waals surface area contributed by atoms with Gasteiger partial charge in [-0.2, -0.15) is 39.5 Å². The van der Waals surface area contributed by atoms with Crippen LogP contribution >= 0.6 is 11.6 Å². The van der Waals surface area contributed by atoms with Crippen LogP contribution in [0.2, 0.25) is 5.15 Å². The maximum absolute atomic E-state index is 13.8. The van der Waals surface area contributed by atoms with E-state index < -0.39 is 45.9 Å². The number of alkyl halides is 9. The van der Waals surface area contributed by atoms with E-state index in [9.17, 15) is 49.1 Å². The topological polar surface area (TPSA) is 44.0 Å². The Morgan fingerprint density at radius 1 is 0.792 bits per heavy atom. The number of rotatable bonds is 3. The van der Waals surface area contributed by atoms with Crippen molar-refractivity contribution in [3.8, 4) is 0 Å². The van der Waals surface area contributed by atoms with Crippen LogP contribution in [0.15, 0.2) is 9.59 Å². The van der Waals surface area contributed by atoms with Gasteiger partial charge in [0.15, 0.2) is 0 Å². The van der Waals surface area contributed by atoms with Gasteiger partial charge >= 0.3 is 29.6 Å². The highest BCUT2D eigenvalue weighted by molar-refractivity contribution is 6.30. The van der Waals surface area contributed by atoms with Crippen LogP contribution < -0.4 is 11.2 Å². The molecular formula is C10H6ClF9N2O2. The molecule has 1 heterocycles. The predicted molar refractivity (Wildman–Crippen MR) is 61.8 cm³/mol. The lowest BCUT2D eigenvalue weighted by molar-refractivity contribution is -0.399. The molecule has 0 fully saturated rings. The fourth-order valence-corrected chi connectivity index (χ4v) is 1.89. The van der Waals surface area contributed by atoms with Gasteiger partial charge in [-0.3, -0.25) is 13.9 Å². The molecule has 1 aromatic rings. The minimum absolute atomic E-state index is 0.00795. The van der Waals surface area contributed by atoms with Gasteiger partial charge in [0.1, 0.15) is 10.7 Å². The molecule has 0 aliphatic heterocycles. The minimum Gasteiger partial charge on any atom is -0.286 e. The average Bonchev–Trinajstić information content (AvgIpc) is 2.41. The molecule has 24 heavy (non-hydrogen) atoms. The monoisotopic (exact) mass is 392 g/mol. The molecule has 1 rings (SSSR count). The summed E-state index contributed by atoms with van der Waals surface area (Å²) in [7, 11) is 1.13. The summed E-state index contributed by atoms with van der Waals surface area (Å²) < 4.78 is 116. The van der Waals surface area contributed by atoms with Crippen LogP contribution in [0, 0.1) is 0 Å². The second kappa shape index (κ2) is 5.43. The van der Waals surface area contributed by atoms with Crippen molar-refractivity contribution in [1.82, 2.24) is 9.13 Å². The van der Waals surface area contributed by atoms with E-state index in [4.69, 9.17) is 11.6 Å². The van der Waals surface area contributed by atoms with Crippen molar-refractivity contribution >= 4 is 11.6 Å². The van der Waals surface area contributed by atoms with Gasteiger partial charge < -0.3 is 0 Å². The van der Waals surface area contributed by atoms with E-state index in [-0.39, 0.29) is 9.13 Å². The van der Waals surface area contributed by atoms with Gasteiger partial charge in [0.25, 0.3) is 5.56 Å². The van der Waals surface area contributed by atoms with Gasteiger partial charge in [-0.1, -0.05) is 11.6 Å². The number of halogens is 10. The van der Waals surface area contributed by atoms with Crippen LogP contribution in [0.5, 0.6) is 0 Å². The molecule has 0 saturated carbocycles. The predicted octanol–water partition coefficient (Wildman–Crippen LogP) is 2.66. The van der Waals surface area contributed by atoms with Crippen molar-refractivity contribution < 1.29 is 39.5 Å². The molecule has 4 nitrogen and oxygen atoms in total. The molecular weight excluding hydrogens is 387 g/mol. The van der Waals surface area contributed by atoms with Crippen LogP contribution in [-0.2, 0) is 20.0 Å². The molecule has 14 heteroatoms. The average molecular weight is 393 g/mol. The number of nitrogens with zero attached hydrogens (tertiary/aromatic N) is 2. The Bertz CT molecular complexity index is 778. The molecule has 0 bridgehead atoms. The number of aromatic nitrogens is 2. The molecule has 0 aromatic carbocycles. The Morgan fingerprint density at radius 3 is 1.58 bits per heavy atom. The third-order valence-corrected chi connectivity index (χ3v) is 3.49. The Labute approximate surface area is 131 Å². The van der Waals surface area contributed by atoms with Gasteiger partial charge in [-0.15, -0.1) is 0 Å². The molecule has 0 amide bonds. The van der Waals surface area contributed by atoms with Gasteiger partial charge in [-0.25, -0.2) is 4.79 Å². The molecule has 0 aliphatic carbocycles. The first kappa shape index (κ1) is 20.4. The Morgan fingerprint density at radius 2 is 1.21 bits per heavy atom. The van der Waals surface area contributed by atoms with E-state index in [1.807, 2.05) is 0 Å². The number of hydrogen-bond donors (Lipinski definition) is 0. The van der Waals surface area contributed by atoms with E-state index in [0.29, 0.717) is 14.1 Å². The highest BCUT2D eigenvalue weighted by Crippen LogP contribution is 2.56. The lowest BCUT2D eigenvalue weighted by atomic mass is 9.98. The standard InChI is InChI=1S/C10H6ClF9N2O2/c1-21-4(11)3(5(23)22(2)6(21)24)7(12,13)8(14,15)9(16,17)10(18,19)20/h1-2H3. The summed E-state index contributed by atoms with van der Waals surface area (Å²) in [4.78, 5) is 22.9.